The molecule has 3 heterocycles. The van der Waals surface area contributed by atoms with E-state index in [9.17, 15) is 22.0 Å². The fourth-order valence-corrected chi connectivity index (χ4v) is 4.11. The van der Waals surface area contributed by atoms with Crippen LogP contribution in [0.15, 0.2) is 40.2 Å². The minimum absolute atomic E-state index is 0.172. The summed E-state index contributed by atoms with van der Waals surface area (Å²) in [5.41, 5.74) is -0.0164. The van der Waals surface area contributed by atoms with Gasteiger partial charge in [0.05, 0.1) is 48.9 Å². The number of methoxy groups -OCH3 is 2. The highest BCUT2D eigenvalue weighted by molar-refractivity contribution is 7.89. The third-order valence-corrected chi connectivity index (χ3v) is 6.06. The van der Waals surface area contributed by atoms with Crippen LogP contribution in [0.2, 0.25) is 0 Å². The zero-order chi connectivity index (χ0) is 23.9. The average molecular weight is 479 g/mol. The predicted molar refractivity (Wildman–Crippen MR) is 115 cm³/mol. The first-order chi connectivity index (χ1) is 15.7. The van der Waals surface area contributed by atoms with Crippen LogP contribution in [0.3, 0.4) is 0 Å². The number of fused-ring (bicyclic) bond motifs is 3. The number of rotatable bonds is 7. The molecule has 4 aromatic rings. The zero-order valence-corrected chi connectivity index (χ0v) is 18.4. The summed E-state index contributed by atoms with van der Waals surface area (Å²) < 4.78 is 65.2. The van der Waals surface area contributed by atoms with Crippen molar-refractivity contribution in [1.29, 1.82) is 0 Å². The van der Waals surface area contributed by atoms with Gasteiger partial charge in [0.15, 0.2) is 5.65 Å². The molecular weight excluding hydrogens is 460 g/mol. The molecule has 0 unspecified atom stereocenters. The summed E-state index contributed by atoms with van der Waals surface area (Å²) in [6, 6.07) is 4.46. The van der Waals surface area contributed by atoms with Gasteiger partial charge in [-0.25, -0.2) is 32.1 Å². The fourth-order valence-electron chi connectivity index (χ4n) is 3.57. The monoisotopic (exact) mass is 479 g/mol. The molecule has 0 saturated carbocycles. The molecule has 2 N–H and O–H groups in total. The minimum atomic E-state index is -4.32. The lowest BCUT2D eigenvalue weighted by Gasteiger charge is -2.10. The van der Waals surface area contributed by atoms with Crippen LogP contribution in [-0.2, 0) is 27.8 Å². The second kappa shape index (κ2) is 8.50. The molecule has 3 aromatic heterocycles. The van der Waals surface area contributed by atoms with Crippen LogP contribution in [0.4, 0.5) is 8.78 Å². The van der Waals surface area contributed by atoms with Gasteiger partial charge in [0.25, 0.3) is 0 Å². The smallest absolute Gasteiger partial charge is 0.329 e. The van der Waals surface area contributed by atoms with Gasteiger partial charge in [-0.15, -0.1) is 0 Å². The minimum Gasteiger partial charge on any atom is -0.481 e. The van der Waals surface area contributed by atoms with E-state index >= 15 is 0 Å². The lowest BCUT2D eigenvalue weighted by atomic mass is 10.2. The second-order valence-electron chi connectivity index (χ2n) is 7.14. The van der Waals surface area contributed by atoms with Crippen molar-refractivity contribution in [3.8, 4) is 5.88 Å². The van der Waals surface area contributed by atoms with E-state index in [0.29, 0.717) is 34.4 Å². The topological polar surface area (TPSA) is 131 Å². The van der Waals surface area contributed by atoms with Crippen molar-refractivity contribution in [2.24, 2.45) is 5.14 Å². The molecule has 0 radical (unpaired) electrons. The Labute approximate surface area is 186 Å². The molecule has 4 rings (SSSR count). The highest BCUT2D eigenvalue weighted by Gasteiger charge is 2.22. The van der Waals surface area contributed by atoms with Crippen molar-refractivity contribution < 1.29 is 26.7 Å². The largest absolute Gasteiger partial charge is 0.481 e. The van der Waals surface area contributed by atoms with Crippen LogP contribution >= 0.6 is 0 Å². The predicted octanol–water partition coefficient (Wildman–Crippen LogP) is 1.38. The number of hydrogen-bond acceptors (Lipinski definition) is 7. The maximum Gasteiger partial charge on any atom is 0.329 e. The molecule has 0 amide bonds. The first-order valence-corrected chi connectivity index (χ1v) is 11.1. The average Bonchev–Trinajstić information content (AvgIpc) is 3.04. The van der Waals surface area contributed by atoms with E-state index < -0.39 is 44.4 Å². The van der Waals surface area contributed by atoms with E-state index in [1.54, 1.807) is 12.1 Å². The van der Waals surface area contributed by atoms with Gasteiger partial charge in [0, 0.05) is 24.1 Å². The van der Waals surface area contributed by atoms with E-state index in [2.05, 4.69) is 9.97 Å². The zero-order valence-electron chi connectivity index (χ0n) is 17.6. The molecule has 0 aliphatic carbocycles. The molecule has 13 heteroatoms. The molecule has 0 spiro atoms. The fraction of sp³-hybridized carbons (Fsp3) is 0.250. The number of benzene rings is 1. The Bertz CT molecular complexity index is 1530. The summed E-state index contributed by atoms with van der Waals surface area (Å²) in [4.78, 5) is 21.1. The van der Waals surface area contributed by atoms with Crippen LogP contribution in [0.25, 0.3) is 22.1 Å². The SMILES string of the molecule is COCCn1c(=O)n(Cc2c(F)cc(S(N)(=O)=O)cc2F)c2c3ccc(OC)nc3ncc21. The van der Waals surface area contributed by atoms with Crippen molar-refractivity contribution in [3.63, 3.8) is 0 Å². The van der Waals surface area contributed by atoms with Crippen molar-refractivity contribution >= 4 is 32.1 Å². The number of nitrogens with zero attached hydrogens (tertiary/aromatic N) is 4. The first kappa shape index (κ1) is 22.8. The maximum absolute atomic E-state index is 14.7. The Hall–Kier alpha value is -3.42. The Morgan fingerprint density at radius 1 is 1.12 bits per heavy atom. The van der Waals surface area contributed by atoms with Crippen LogP contribution in [0.5, 0.6) is 5.88 Å². The molecule has 0 fully saturated rings. The molecular formula is C20H19F2N5O5S. The molecule has 0 saturated heterocycles. The lowest BCUT2D eigenvalue weighted by Crippen LogP contribution is -2.26. The summed E-state index contributed by atoms with van der Waals surface area (Å²) in [6.07, 6.45) is 1.44. The molecule has 0 bridgehead atoms. The molecule has 10 nitrogen and oxygen atoms in total. The number of imidazole rings is 1. The summed E-state index contributed by atoms with van der Waals surface area (Å²) in [5, 5.41) is 5.44. The number of pyridine rings is 2. The van der Waals surface area contributed by atoms with E-state index in [1.807, 2.05) is 0 Å². The maximum atomic E-state index is 14.7. The number of hydrogen-bond donors (Lipinski definition) is 1. The number of sulfonamides is 1. The Kier molecular flexibility index (Phi) is 5.86. The van der Waals surface area contributed by atoms with Gasteiger partial charge in [-0.3, -0.25) is 9.13 Å². The summed E-state index contributed by atoms with van der Waals surface area (Å²) in [5.74, 6) is -2.00. The Balaban J connectivity index is 1.98. The summed E-state index contributed by atoms with van der Waals surface area (Å²) in [7, 11) is -1.39. The highest BCUT2D eigenvalue weighted by Crippen LogP contribution is 2.26. The number of aromatic nitrogens is 4. The standard InChI is InChI=1S/C20H19F2N5O5S/c1-31-6-5-26-16-9-24-19-12(3-4-17(25-19)32-2)18(16)27(20(26)28)10-13-14(21)7-11(8-15(13)22)33(23,29)30/h3-4,7-9H,5-6,10H2,1-2H3,(H2,23,29,30). The molecule has 174 valence electrons. The molecule has 33 heavy (non-hydrogen) atoms. The number of primary sulfonamides is 1. The highest BCUT2D eigenvalue weighted by atomic mass is 32.2. The van der Waals surface area contributed by atoms with Gasteiger partial charge in [-0.1, -0.05) is 0 Å². The van der Waals surface area contributed by atoms with Crippen molar-refractivity contribution in [3.05, 3.63) is 58.1 Å². The lowest BCUT2D eigenvalue weighted by molar-refractivity contribution is 0.187. The third-order valence-electron chi connectivity index (χ3n) is 5.17. The Morgan fingerprint density at radius 2 is 1.82 bits per heavy atom. The van der Waals surface area contributed by atoms with Crippen LogP contribution in [0.1, 0.15) is 5.56 Å². The summed E-state index contributed by atoms with van der Waals surface area (Å²) in [6.45, 7) is -0.127. The van der Waals surface area contributed by atoms with Crippen LogP contribution < -0.4 is 15.6 Å². The normalized spacial score (nSPS) is 12.0. The molecule has 0 aliphatic heterocycles. The number of nitrogens with two attached hydrogens (primary N) is 1. The van der Waals surface area contributed by atoms with Gasteiger partial charge in [0.1, 0.15) is 11.6 Å². The van der Waals surface area contributed by atoms with E-state index in [1.165, 1.54) is 29.6 Å². The van der Waals surface area contributed by atoms with Crippen LogP contribution in [-0.4, -0.2) is 48.3 Å². The van der Waals surface area contributed by atoms with E-state index in [-0.39, 0.29) is 18.8 Å². The molecule has 1 aromatic carbocycles. The Morgan fingerprint density at radius 3 is 2.42 bits per heavy atom. The quantitative estimate of drug-likeness (QED) is 0.424. The van der Waals surface area contributed by atoms with Crippen molar-refractivity contribution in [2.45, 2.75) is 18.0 Å². The second-order valence-corrected chi connectivity index (χ2v) is 8.70. The molecule has 0 atom stereocenters. The summed E-state index contributed by atoms with van der Waals surface area (Å²) >= 11 is 0. The van der Waals surface area contributed by atoms with Crippen LogP contribution in [0, 0.1) is 11.6 Å². The third kappa shape index (κ3) is 4.05. The van der Waals surface area contributed by atoms with Gasteiger partial charge in [-0.05, 0) is 18.2 Å². The van der Waals surface area contributed by atoms with E-state index in [0.717, 1.165) is 0 Å². The van der Waals surface area contributed by atoms with E-state index in [4.69, 9.17) is 14.6 Å². The van der Waals surface area contributed by atoms with Gasteiger partial charge in [-0.2, -0.15) is 4.98 Å². The van der Waals surface area contributed by atoms with Gasteiger partial charge < -0.3 is 9.47 Å². The van der Waals surface area contributed by atoms with Crippen molar-refractivity contribution in [1.82, 2.24) is 19.1 Å². The van der Waals surface area contributed by atoms with Gasteiger partial charge in [0.2, 0.25) is 15.9 Å². The number of halogens is 2. The first-order valence-electron chi connectivity index (χ1n) is 9.58. The number of ether oxygens (including phenoxy) is 2. The van der Waals surface area contributed by atoms with Crippen molar-refractivity contribution in [2.75, 3.05) is 20.8 Å². The van der Waals surface area contributed by atoms with Gasteiger partial charge >= 0.3 is 5.69 Å². The molecule has 0 aliphatic rings.